The lowest BCUT2D eigenvalue weighted by Gasteiger charge is -2.31. The summed E-state index contributed by atoms with van der Waals surface area (Å²) < 4.78 is 41.7. The normalized spacial score (nSPS) is 44.0. The third kappa shape index (κ3) is 7.14. The topological polar surface area (TPSA) is 77.5 Å². The monoisotopic (exact) mass is 525 g/mol. The fourth-order valence-electron chi connectivity index (χ4n) is 5.73. The molecular weight excluding hydrogens is 490 g/mol. The summed E-state index contributed by atoms with van der Waals surface area (Å²) >= 11 is 12.2. The van der Waals surface area contributed by atoms with Crippen molar-refractivity contribution >= 4 is 35.1 Å². The van der Waals surface area contributed by atoms with E-state index in [1.807, 2.05) is 0 Å². The van der Waals surface area contributed by atoms with Crippen LogP contribution in [-0.2, 0) is 4.79 Å². The van der Waals surface area contributed by atoms with E-state index >= 15 is 0 Å². The van der Waals surface area contributed by atoms with Gasteiger partial charge in [-0.1, -0.05) is 0 Å². The first kappa shape index (κ1) is 26.3. The van der Waals surface area contributed by atoms with Crippen molar-refractivity contribution < 1.29 is 18.0 Å². The number of nitrogens with zero attached hydrogens (tertiary/aromatic N) is 1. The van der Waals surface area contributed by atoms with Crippen molar-refractivity contribution in [3.63, 3.8) is 0 Å². The Hall–Kier alpha value is -0.770. The zero-order valence-corrected chi connectivity index (χ0v) is 20.8. The molecule has 4 fully saturated rings. The predicted octanol–water partition coefficient (Wildman–Crippen LogP) is 4.01. The van der Waals surface area contributed by atoms with Gasteiger partial charge in [0.1, 0.15) is 24.7 Å². The second-order valence-electron chi connectivity index (χ2n) is 10.4. The van der Waals surface area contributed by atoms with Gasteiger partial charge in [-0.25, -0.2) is 23.6 Å². The highest BCUT2D eigenvalue weighted by atomic mass is 35.5. The minimum atomic E-state index is -1.22. The first-order valence-electron chi connectivity index (χ1n) is 12.6. The molecule has 0 aromatic heterocycles. The van der Waals surface area contributed by atoms with E-state index < -0.39 is 29.8 Å². The van der Waals surface area contributed by atoms with E-state index in [9.17, 15) is 18.0 Å². The molecule has 8 unspecified atom stereocenters. The zero-order chi connectivity index (χ0) is 24.2. The largest absolute Gasteiger partial charge is 0.353 e. The number of nitrogens with one attached hydrogen (secondary N) is 4. The summed E-state index contributed by atoms with van der Waals surface area (Å²) in [5, 5.41) is 5.18. The van der Waals surface area contributed by atoms with Crippen molar-refractivity contribution in [2.24, 2.45) is 16.8 Å². The van der Waals surface area contributed by atoms with Crippen LogP contribution in [0, 0.1) is 11.8 Å². The Morgan fingerprint density at radius 1 is 0.853 bits per heavy atom. The molecule has 1 heterocycles. The molecule has 1 aliphatic heterocycles. The van der Waals surface area contributed by atoms with E-state index in [1.54, 1.807) is 0 Å². The van der Waals surface area contributed by atoms with Gasteiger partial charge in [0.2, 0.25) is 5.91 Å². The minimum absolute atomic E-state index is 0.0789. The zero-order valence-electron chi connectivity index (χ0n) is 19.3. The molecule has 34 heavy (non-hydrogen) atoms. The standard InChI is InChI=1S/C23H36Cl2F3N5O/c24-14-8-16(27)10-17(9-14)29-23(31-22(34)13-3-6-18(25)19(28)7-13)30-21-11-20(32-33-21)12-1-4-15(26)5-2-12/h12-21,32-33H,1-11H2,(H2,29,30,31,34). The van der Waals surface area contributed by atoms with Gasteiger partial charge in [0.05, 0.1) is 5.38 Å². The van der Waals surface area contributed by atoms with Gasteiger partial charge in [0.15, 0.2) is 5.96 Å². The van der Waals surface area contributed by atoms with E-state index in [4.69, 9.17) is 23.2 Å². The first-order valence-corrected chi connectivity index (χ1v) is 13.5. The van der Waals surface area contributed by atoms with Gasteiger partial charge in [-0.3, -0.25) is 15.5 Å². The van der Waals surface area contributed by atoms with Crippen LogP contribution >= 0.6 is 23.2 Å². The number of rotatable bonds is 4. The minimum Gasteiger partial charge on any atom is -0.353 e. The molecule has 0 bridgehead atoms. The van der Waals surface area contributed by atoms with E-state index in [2.05, 4.69) is 26.5 Å². The number of hydrogen-bond acceptors (Lipinski definition) is 4. The number of alkyl halides is 5. The van der Waals surface area contributed by atoms with Gasteiger partial charge in [-0.15, -0.1) is 23.2 Å². The van der Waals surface area contributed by atoms with Crippen LogP contribution in [0.25, 0.3) is 0 Å². The van der Waals surface area contributed by atoms with Gasteiger partial charge in [0, 0.05) is 29.8 Å². The van der Waals surface area contributed by atoms with Crippen molar-refractivity contribution in [3.05, 3.63) is 0 Å². The first-order chi connectivity index (χ1) is 16.3. The number of aliphatic imine (C=N–C) groups is 1. The van der Waals surface area contributed by atoms with Crippen LogP contribution in [0.3, 0.4) is 0 Å². The molecule has 6 nitrogen and oxygen atoms in total. The summed E-state index contributed by atoms with van der Waals surface area (Å²) in [5.41, 5.74) is 6.44. The van der Waals surface area contributed by atoms with Gasteiger partial charge >= 0.3 is 0 Å². The Balaban J connectivity index is 1.40. The van der Waals surface area contributed by atoms with Crippen LogP contribution in [0.1, 0.15) is 70.6 Å². The fraction of sp³-hybridized carbons (Fsp3) is 0.913. The molecule has 4 aliphatic rings. The van der Waals surface area contributed by atoms with E-state index in [0.29, 0.717) is 50.9 Å². The Morgan fingerprint density at radius 3 is 2.32 bits per heavy atom. The van der Waals surface area contributed by atoms with Crippen molar-refractivity contribution in [2.75, 3.05) is 0 Å². The highest BCUT2D eigenvalue weighted by molar-refractivity contribution is 6.21. The molecule has 4 N–H and O–H groups in total. The van der Waals surface area contributed by atoms with E-state index in [-0.39, 0.29) is 48.3 Å². The summed E-state index contributed by atoms with van der Waals surface area (Å²) in [6.45, 7) is 0. The second kappa shape index (κ2) is 12.0. The SMILES string of the molecule is O=C(N/C(=N/C1CC(C2CCC(F)CC2)NN1)NC1CC(F)CC(Cl)C1)C1CCC(Cl)C(F)C1. The van der Waals surface area contributed by atoms with Crippen LogP contribution in [-0.4, -0.2) is 59.4 Å². The Labute approximate surface area is 209 Å². The average Bonchev–Trinajstić information content (AvgIpc) is 3.23. The number of carbonyl (C=O) groups is 1. The van der Waals surface area contributed by atoms with Crippen molar-refractivity contribution in [1.29, 1.82) is 0 Å². The van der Waals surface area contributed by atoms with E-state index in [0.717, 1.165) is 12.8 Å². The second-order valence-corrected chi connectivity index (χ2v) is 11.6. The average molecular weight is 526 g/mol. The van der Waals surface area contributed by atoms with Crippen molar-refractivity contribution in [3.8, 4) is 0 Å². The fourth-order valence-corrected chi connectivity index (χ4v) is 6.37. The molecular formula is C23H36Cl2F3N5O. The van der Waals surface area contributed by atoms with E-state index in [1.165, 1.54) is 0 Å². The summed E-state index contributed by atoms with van der Waals surface area (Å²) in [6, 6.07) is -0.0931. The third-order valence-electron chi connectivity index (χ3n) is 7.71. The summed E-state index contributed by atoms with van der Waals surface area (Å²) in [4.78, 5) is 17.6. The lowest BCUT2D eigenvalue weighted by molar-refractivity contribution is -0.125. The summed E-state index contributed by atoms with van der Waals surface area (Å²) in [6.07, 6.45) is 2.49. The number of amides is 1. The molecule has 3 saturated carbocycles. The molecule has 0 aromatic carbocycles. The van der Waals surface area contributed by atoms with Gasteiger partial charge in [-0.2, -0.15) is 0 Å². The van der Waals surface area contributed by atoms with Crippen molar-refractivity contribution in [1.82, 2.24) is 21.5 Å². The number of guanidine groups is 1. The molecule has 8 atom stereocenters. The third-order valence-corrected chi connectivity index (χ3v) is 8.55. The van der Waals surface area contributed by atoms with Crippen LogP contribution in [0.5, 0.6) is 0 Å². The molecule has 1 saturated heterocycles. The maximum atomic E-state index is 14.1. The molecule has 0 spiro atoms. The molecule has 4 rings (SSSR count). The quantitative estimate of drug-likeness (QED) is 0.254. The van der Waals surface area contributed by atoms with Crippen LogP contribution in [0.2, 0.25) is 0 Å². The molecule has 0 aromatic rings. The van der Waals surface area contributed by atoms with Crippen LogP contribution in [0.15, 0.2) is 4.99 Å². The van der Waals surface area contributed by atoms with Crippen LogP contribution in [0.4, 0.5) is 13.2 Å². The summed E-state index contributed by atoms with van der Waals surface area (Å²) in [5.74, 6) is -0.169. The number of hydrogen-bond donors (Lipinski definition) is 4. The molecule has 1 amide bonds. The van der Waals surface area contributed by atoms with Crippen molar-refractivity contribution in [2.45, 2.75) is 118 Å². The van der Waals surface area contributed by atoms with Gasteiger partial charge in [-0.05, 0) is 70.1 Å². The molecule has 11 heteroatoms. The lowest BCUT2D eigenvalue weighted by Crippen LogP contribution is -2.51. The number of hydrazine groups is 1. The Kier molecular flexibility index (Phi) is 9.26. The summed E-state index contributed by atoms with van der Waals surface area (Å²) in [7, 11) is 0. The Morgan fingerprint density at radius 2 is 1.62 bits per heavy atom. The predicted molar refractivity (Wildman–Crippen MR) is 128 cm³/mol. The van der Waals surface area contributed by atoms with Crippen LogP contribution < -0.4 is 21.5 Å². The highest BCUT2D eigenvalue weighted by Gasteiger charge is 2.36. The Bertz CT molecular complexity index is 717. The molecule has 194 valence electrons. The molecule has 0 radical (unpaired) electrons. The highest BCUT2D eigenvalue weighted by Crippen LogP contribution is 2.32. The maximum absolute atomic E-state index is 14.1. The van der Waals surface area contributed by atoms with Gasteiger partial charge in [0.25, 0.3) is 0 Å². The number of carbonyl (C=O) groups excluding carboxylic acids is 1. The smallest absolute Gasteiger partial charge is 0.229 e. The van der Waals surface area contributed by atoms with Gasteiger partial charge < -0.3 is 5.32 Å². The lowest BCUT2D eigenvalue weighted by atomic mass is 9.82. The maximum Gasteiger partial charge on any atom is 0.229 e. The molecule has 3 aliphatic carbocycles. The number of halogens is 5.